The summed E-state index contributed by atoms with van der Waals surface area (Å²) in [6.07, 6.45) is 10.7. The Morgan fingerprint density at radius 1 is 0.828 bits per heavy atom. The van der Waals surface area contributed by atoms with Crippen LogP contribution in [-0.2, 0) is 0 Å². The first-order valence-corrected chi connectivity index (χ1v) is 10.5. The average molecular weight is 399 g/mol. The van der Waals surface area contributed by atoms with Crippen molar-refractivity contribution in [1.29, 1.82) is 0 Å². The number of unbranched alkanes of at least 4 members (excludes halogenated alkanes) is 6. The lowest BCUT2D eigenvalue weighted by Crippen LogP contribution is -2.00. The van der Waals surface area contributed by atoms with Crippen molar-refractivity contribution in [3.63, 3.8) is 0 Å². The molecule has 158 valence electrons. The van der Waals surface area contributed by atoms with E-state index in [0.29, 0.717) is 0 Å². The van der Waals surface area contributed by atoms with Gasteiger partial charge in [0.2, 0.25) is 0 Å². The van der Waals surface area contributed by atoms with Crippen molar-refractivity contribution in [2.45, 2.75) is 51.9 Å². The van der Waals surface area contributed by atoms with Crippen LogP contribution in [0.15, 0.2) is 47.6 Å². The summed E-state index contributed by atoms with van der Waals surface area (Å²) in [6.45, 7) is 2.96. The van der Waals surface area contributed by atoms with Gasteiger partial charge in [-0.15, -0.1) is 0 Å². The van der Waals surface area contributed by atoms with E-state index in [0.717, 1.165) is 41.5 Å². The molecule has 0 aliphatic carbocycles. The molecule has 5 heteroatoms. The highest BCUT2D eigenvalue weighted by Gasteiger charge is 2.05. The number of hydrazone groups is 1. The number of hydrogen-bond acceptors (Lipinski definition) is 5. The molecule has 0 heterocycles. The number of benzene rings is 2. The van der Waals surface area contributed by atoms with E-state index in [1.54, 1.807) is 20.4 Å². The zero-order valence-corrected chi connectivity index (χ0v) is 17.9. The molecule has 0 saturated carbocycles. The Labute approximate surface area is 175 Å². The van der Waals surface area contributed by atoms with Crippen molar-refractivity contribution < 1.29 is 14.2 Å². The van der Waals surface area contributed by atoms with Crippen LogP contribution in [0.4, 0.5) is 5.69 Å². The van der Waals surface area contributed by atoms with Gasteiger partial charge < -0.3 is 14.2 Å². The third-order valence-corrected chi connectivity index (χ3v) is 4.69. The summed E-state index contributed by atoms with van der Waals surface area (Å²) in [5, 5.41) is 4.28. The number of anilines is 1. The number of nitrogens with zero attached hydrogens (tertiary/aromatic N) is 1. The van der Waals surface area contributed by atoms with Crippen LogP contribution >= 0.6 is 0 Å². The Morgan fingerprint density at radius 2 is 1.55 bits per heavy atom. The van der Waals surface area contributed by atoms with E-state index in [9.17, 15) is 0 Å². The molecule has 2 aromatic carbocycles. The van der Waals surface area contributed by atoms with Gasteiger partial charge >= 0.3 is 0 Å². The van der Waals surface area contributed by atoms with E-state index in [4.69, 9.17) is 14.2 Å². The van der Waals surface area contributed by atoms with Gasteiger partial charge in [-0.2, -0.15) is 5.10 Å². The molecule has 0 fully saturated rings. The van der Waals surface area contributed by atoms with E-state index in [-0.39, 0.29) is 0 Å². The molecule has 5 nitrogen and oxygen atoms in total. The zero-order chi connectivity index (χ0) is 20.7. The second-order valence-corrected chi connectivity index (χ2v) is 6.98. The minimum atomic E-state index is 0.719. The van der Waals surface area contributed by atoms with Crippen LogP contribution in [0.5, 0.6) is 17.2 Å². The first kappa shape index (κ1) is 22.6. The number of rotatable bonds is 14. The Balaban J connectivity index is 1.78. The zero-order valence-electron chi connectivity index (χ0n) is 17.9. The number of nitrogens with one attached hydrogen (secondary N) is 1. The number of hydrogen-bond donors (Lipinski definition) is 1. The van der Waals surface area contributed by atoms with Crippen LogP contribution in [0.2, 0.25) is 0 Å². The second kappa shape index (κ2) is 13.5. The van der Waals surface area contributed by atoms with Gasteiger partial charge in [-0.05, 0) is 54.4 Å². The minimum absolute atomic E-state index is 0.719. The maximum atomic E-state index is 5.91. The molecule has 0 radical (unpaired) electrons. The lowest BCUT2D eigenvalue weighted by molar-refractivity contribution is 0.284. The molecule has 0 amide bonds. The second-order valence-electron chi connectivity index (χ2n) is 6.98. The smallest absolute Gasteiger partial charge is 0.161 e. The van der Waals surface area contributed by atoms with Gasteiger partial charge in [0.25, 0.3) is 0 Å². The third kappa shape index (κ3) is 8.46. The molecular formula is C24H34N2O3. The quantitative estimate of drug-likeness (QED) is 0.231. The summed E-state index contributed by atoms with van der Waals surface area (Å²) in [4.78, 5) is 0. The van der Waals surface area contributed by atoms with Crippen LogP contribution < -0.4 is 19.6 Å². The van der Waals surface area contributed by atoms with Gasteiger partial charge in [0, 0.05) is 0 Å². The van der Waals surface area contributed by atoms with E-state index < -0.39 is 0 Å². The maximum absolute atomic E-state index is 5.91. The monoisotopic (exact) mass is 398 g/mol. The van der Waals surface area contributed by atoms with Gasteiger partial charge in [-0.1, -0.05) is 45.4 Å². The summed E-state index contributed by atoms with van der Waals surface area (Å²) in [5.74, 6) is 2.32. The Bertz CT molecular complexity index is 729. The number of ether oxygens (including phenoxy) is 3. The Kier molecular flexibility index (Phi) is 10.5. The minimum Gasteiger partial charge on any atom is -0.497 e. The maximum Gasteiger partial charge on any atom is 0.161 e. The lowest BCUT2D eigenvalue weighted by Gasteiger charge is -2.11. The van der Waals surface area contributed by atoms with Crippen LogP contribution in [-0.4, -0.2) is 27.0 Å². The van der Waals surface area contributed by atoms with Crippen molar-refractivity contribution in [2.75, 3.05) is 26.3 Å². The summed E-state index contributed by atoms with van der Waals surface area (Å²) < 4.78 is 16.5. The highest BCUT2D eigenvalue weighted by atomic mass is 16.5. The van der Waals surface area contributed by atoms with Gasteiger partial charge in [0.05, 0.1) is 32.7 Å². The van der Waals surface area contributed by atoms with Crippen molar-refractivity contribution in [3.8, 4) is 17.2 Å². The predicted molar refractivity (Wildman–Crippen MR) is 121 cm³/mol. The molecule has 0 spiro atoms. The van der Waals surface area contributed by atoms with Crippen LogP contribution in [0, 0.1) is 0 Å². The van der Waals surface area contributed by atoms with Crippen molar-refractivity contribution in [3.05, 3.63) is 48.0 Å². The first-order chi connectivity index (χ1) is 14.3. The van der Waals surface area contributed by atoms with Crippen molar-refractivity contribution in [2.24, 2.45) is 5.10 Å². The molecule has 0 aliphatic rings. The fourth-order valence-corrected chi connectivity index (χ4v) is 2.97. The van der Waals surface area contributed by atoms with Crippen molar-refractivity contribution in [1.82, 2.24) is 0 Å². The van der Waals surface area contributed by atoms with Crippen molar-refractivity contribution >= 4 is 11.9 Å². The summed E-state index contributed by atoms with van der Waals surface area (Å²) in [7, 11) is 3.31. The molecule has 1 N–H and O–H groups in total. The van der Waals surface area contributed by atoms with Crippen LogP contribution in [0.1, 0.15) is 57.4 Å². The SMILES string of the molecule is CCCCCCCCCOc1ccc(/C=N/Nc2ccc(OC)cc2)cc1OC. The molecule has 0 bridgehead atoms. The summed E-state index contributed by atoms with van der Waals surface area (Å²) in [6, 6.07) is 13.4. The number of methoxy groups -OCH3 is 2. The molecule has 0 saturated heterocycles. The molecular weight excluding hydrogens is 364 g/mol. The normalized spacial score (nSPS) is 10.9. The van der Waals surface area contributed by atoms with E-state index >= 15 is 0 Å². The topological polar surface area (TPSA) is 52.1 Å². The summed E-state index contributed by atoms with van der Waals surface area (Å²) >= 11 is 0. The molecule has 0 atom stereocenters. The standard InChI is InChI=1S/C24H34N2O3/c1-4-5-6-7-8-9-10-17-29-23-16-11-20(18-24(23)28-3)19-25-26-21-12-14-22(27-2)15-13-21/h11-16,18-19,26H,4-10,17H2,1-3H3/b25-19+. The molecule has 2 aromatic rings. The molecule has 0 unspecified atom stereocenters. The summed E-state index contributed by atoms with van der Waals surface area (Å²) in [5.41, 5.74) is 4.83. The average Bonchev–Trinajstić information content (AvgIpc) is 2.76. The van der Waals surface area contributed by atoms with Gasteiger partial charge in [-0.25, -0.2) is 0 Å². The van der Waals surface area contributed by atoms with Crippen LogP contribution in [0.25, 0.3) is 0 Å². The van der Waals surface area contributed by atoms with Gasteiger partial charge in [0.15, 0.2) is 11.5 Å². The molecule has 0 aliphatic heterocycles. The molecule has 0 aromatic heterocycles. The molecule has 2 rings (SSSR count). The highest BCUT2D eigenvalue weighted by Crippen LogP contribution is 2.28. The van der Waals surface area contributed by atoms with E-state index in [1.807, 2.05) is 42.5 Å². The largest absolute Gasteiger partial charge is 0.497 e. The fraction of sp³-hybridized carbons (Fsp3) is 0.458. The fourth-order valence-electron chi connectivity index (χ4n) is 2.97. The highest BCUT2D eigenvalue weighted by molar-refractivity contribution is 5.81. The third-order valence-electron chi connectivity index (χ3n) is 4.69. The first-order valence-electron chi connectivity index (χ1n) is 10.5. The molecule has 29 heavy (non-hydrogen) atoms. The lowest BCUT2D eigenvalue weighted by atomic mass is 10.1. The van der Waals surface area contributed by atoms with E-state index in [1.165, 1.54) is 38.5 Å². The van der Waals surface area contributed by atoms with E-state index in [2.05, 4.69) is 17.5 Å². The Morgan fingerprint density at radius 3 is 2.24 bits per heavy atom. The predicted octanol–water partition coefficient (Wildman–Crippen LogP) is 6.28. The van der Waals surface area contributed by atoms with Crippen LogP contribution in [0.3, 0.4) is 0 Å². The Hall–Kier alpha value is -2.69. The van der Waals surface area contributed by atoms with Gasteiger partial charge in [-0.3, -0.25) is 5.43 Å². The van der Waals surface area contributed by atoms with Gasteiger partial charge in [0.1, 0.15) is 5.75 Å².